The number of nitrogens with one attached hydrogen (secondary N) is 3. The molecule has 0 saturated heterocycles. The van der Waals surface area contributed by atoms with Crippen molar-refractivity contribution >= 4 is 40.0 Å². The topological polar surface area (TPSA) is 82.6 Å². The average Bonchev–Trinajstić information content (AvgIpc) is 2.55. The number of hydrogen-bond donors (Lipinski definition) is 3. The number of guanidine groups is 1. The lowest BCUT2D eigenvalue weighted by atomic mass is 10.0. The number of aliphatic imine (C=N–C) groups is 1. The predicted molar refractivity (Wildman–Crippen MR) is 121 cm³/mol. The van der Waals surface area contributed by atoms with Crippen molar-refractivity contribution in [3.63, 3.8) is 0 Å². The van der Waals surface area contributed by atoms with Crippen LogP contribution in [0.25, 0.3) is 0 Å². The second-order valence-electron chi connectivity index (χ2n) is 6.45. The first-order valence-corrected chi connectivity index (χ1v) is 10.7. The van der Waals surface area contributed by atoms with Crippen LogP contribution in [-0.2, 0) is 16.4 Å². The summed E-state index contributed by atoms with van der Waals surface area (Å²) in [5, 5.41) is 6.45. The van der Waals surface area contributed by atoms with E-state index >= 15 is 0 Å². The van der Waals surface area contributed by atoms with E-state index in [-0.39, 0.29) is 24.0 Å². The molecule has 0 aromatic heterocycles. The van der Waals surface area contributed by atoms with Crippen LogP contribution in [0.2, 0.25) is 0 Å². The maximum Gasteiger partial charge on any atom is 0.208 e. The van der Waals surface area contributed by atoms with E-state index < -0.39 is 10.0 Å². The number of rotatable bonds is 10. The van der Waals surface area contributed by atoms with Crippen LogP contribution in [0.5, 0.6) is 0 Å². The van der Waals surface area contributed by atoms with Gasteiger partial charge in [-0.25, -0.2) is 13.1 Å². The van der Waals surface area contributed by atoms with Gasteiger partial charge in [-0.2, -0.15) is 0 Å². The van der Waals surface area contributed by atoms with Gasteiger partial charge < -0.3 is 10.6 Å². The minimum atomic E-state index is -3.11. The number of sulfonamides is 1. The Morgan fingerprint density at radius 2 is 1.62 bits per heavy atom. The third-order valence-electron chi connectivity index (χ3n) is 3.81. The molecule has 150 valence electrons. The van der Waals surface area contributed by atoms with Crippen molar-refractivity contribution in [2.24, 2.45) is 4.99 Å². The summed E-state index contributed by atoms with van der Waals surface area (Å²) >= 11 is 0. The summed E-state index contributed by atoms with van der Waals surface area (Å²) < 4.78 is 24.4. The van der Waals surface area contributed by atoms with Crippen LogP contribution in [0.3, 0.4) is 0 Å². The lowest BCUT2D eigenvalue weighted by molar-refractivity contribution is 0.584. The first-order valence-electron chi connectivity index (χ1n) is 8.80. The molecule has 1 aromatic carbocycles. The van der Waals surface area contributed by atoms with Crippen LogP contribution in [0.4, 0.5) is 0 Å². The number of benzene rings is 1. The summed E-state index contributed by atoms with van der Waals surface area (Å²) in [6.07, 6.45) is 3.92. The molecule has 8 heteroatoms. The second-order valence-corrected chi connectivity index (χ2v) is 8.28. The molecule has 6 nitrogen and oxygen atoms in total. The Labute approximate surface area is 175 Å². The fourth-order valence-corrected chi connectivity index (χ4v) is 2.86. The van der Waals surface area contributed by atoms with Gasteiger partial charge in [0.25, 0.3) is 0 Å². The maximum atomic E-state index is 11.0. The van der Waals surface area contributed by atoms with Crippen LogP contribution in [0, 0.1) is 0 Å². The van der Waals surface area contributed by atoms with Crippen molar-refractivity contribution in [3.8, 4) is 0 Å². The number of nitrogens with zero attached hydrogens (tertiary/aromatic N) is 1. The fourth-order valence-electron chi connectivity index (χ4n) is 2.34. The van der Waals surface area contributed by atoms with Gasteiger partial charge in [0, 0.05) is 26.7 Å². The molecule has 0 aliphatic carbocycles. The Hall–Kier alpha value is -0.870. The zero-order valence-electron chi connectivity index (χ0n) is 16.2. The lowest BCUT2D eigenvalue weighted by Crippen LogP contribution is -2.39. The molecule has 0 amide bonds. The van der Waals surface area contributed by atoms with E-state index in [1.54, 1.807) is 7.05 Å². The smallest absolute Gasteiger partial charge is 0.208 e. The van der Waals surface area contributed by atoms with E-state index in [9.17, 15) is 8.42 Å². The van der Waals surface area contributed by atoms with Gasteiger partial charge in [0.2, 0.25) is 10.0 Å². The minimum Gasteiger partial charge on any atom is -0.356 e. The SMILES string of the molecule is CN=C(NCCCNS(C)(=O)=O)NCCCc1ccc(C(C)C)cc1.I. The first-order chi connectivity index (χ1) is 11.8. The van der Waals surface area contributed by atoms with Gasteiger partial charge in [-0.05, 0) is 36.3 Å². The molecule has 1 rings (SSSR count). The molecule has 0 spiro atoms. The Morgan fingerprint density at radius 1 is 1.04 bits per heavy atom. The molecule has 0 fully saturated rings. The molecule has 0 aliphatic heterocycles. The molecule has 0 heterocycles. The molecule has 0 unspecified atom stereocenters. The summed E-state index contributed by atoms with van der Waals surface area (Å²) in [7, 11) is -1.37. The molecular formula is C18H33IN4O2S. The highest BCUT2D eigenvalue weighted by Crippen LogP contribution is 2.15. The molecular weight excluding hydrogens is 463 g/mol. The van der Waals surface area contributed by atoms with Crippen molar-refractivity contribution in [1.82, 2.24) is 15.4 Å². The van der Waals surface area contributed by atoms with Gasteiger partial charge in [0.1, 0.15) is 0 Å². The van der Waals surface area contributed by atoms with E-state index in [1.165, 1.54) is 11.1 Å². The van der Waals surface area contributed by atoms with Gasteiger partial charge in [-0.1, -0.05) is 38.1 Å². The Balaban J connectivity index is 0.00000625. The van der Waals surface area contributed by atoms with Crippen molar-refractivity contribution in [2.45, 2.75) is 39.0 Å². The van der Waals surface area contributed by atoms with Crippen LogP contribution in [-0.4, -0.2) is 47.3 Å². The normalized spacial score (nSPS) is 12.0. The minimum absolute atomic E-state index is 0. The van der Waals surface area contributed by atoms with Crippen LogP contribution in [0.1, 0.15) is 43.7 Å². The summed E-state index contributed by atoms with van der Waals surface area (Å²) in [6, 6.07) is 8.82. The molecule has 0 aliphatic rings. The Bertz CT molecular complexity index is 631. The molecule has 1 aromatic rings. The van der Waals surface area contributed by atoms with Gasteiger partial charge in [0.05, 0.1) is 6.26 Å². The number of halogens is 1. The highest BCUT2D eigenvalue weighted by molar-refractivity contribution is 14.0. The van der Waals surface area contributed by atoms with Gasteiger partial charge in [-0.15, -0.1) is 24.0 Å². The first kappa shape index (κ1) is 25.1. The van der Waals surface area contributed by atoms with Crippen molar-refractivity contribution in [3.05, 3.63) is 35.4 Å². The van der Waals surface area contributed by atoms with Crippen molar-refractivity contribution < 1.29 is 8.42 Å². The fraction of sp³-hybridized carbons (Fsp3) is 0.611. The monoisotopic (exact) mass is 496 g/mol. The van der Waals surface area contributed by atoms with Gasteiger partial charge in [-0.3, -0.25) is 4.99 Å². The van der Waals surface area contributed by atoms with E-state index in [1.807, 2.05) is 0 Å². The highest BCUT2D eigenvalue weighted by atomic mass is 127. The summed E-state index contributed by atoms with van der Waals surface area (Å²) in [6.45, 7) is 6.34. The van der Waals surface area contributed by atoms with Crippen molar-refractivity contribution in [1.29, 1.82) is 0 Å². The van der Waals surface area contributed by atoms with Gasteiger partial charge in [0.15, 0.2) is 5.96 Å². The molecule has 0 radical (unpaired) electrons. The molecule has 0 bridgehead atoms. The third kappa shape index (κ3) is 11.7. The summed E-state index contributed by atoms with van der Waals surface area (Å²) in [4.78, 5) is 4.17. The van der Waals surface area contributed by atoms with Crippen LogP contribution in [0.15, 0.2) is 29.3 Å². The van der Waals surface area contributed by atoms with Crippen LogP contribution >= 0.6 is 24.0 Å². The largest absolute Gasteiger partial charge is 0.356 e. The standard InChI is InChI=1S/C18H32N4O2S.HI/c1-15(2)17-10-8-16(9-11-17)7-5-12-20-18(19-3)21-13-6-14-22-25(4,23)24;/h8-11,15,22H,5-7,12-14H2,1-4H3,(H2,19,20,21);1H. The Kier molecular flexibility index (Phi) is 12.9. The zero-order valence-corrected chi connectivity index (χ0v) is 19.4. The van der Waals surface area contributed by atoms with E-state index in [0.29, 0.717) is 25.4 Å². The predicted octanol–water partition coefficient (Wildman–Crippen LogP) is 2.46. The third-order valence-corrected chi connectivity index (χ3v) is 4.54. The quantitative estimate of drug-likeness (QED) is 0.201. The Morgan fingerprint density at radius 3 is 2.12 bits per heavy atom. The zero-order chi connectivity index (χ0) is 18.7. The van der Waals surface area contributed by atoms with E-state index in [0.717, 1.165) is 31.6 Å². The van der Waals surface area contributed by atoms with Crippen molar-refractivity contribution in [2.75, 3.05) is 32.9 Å². The number of hydrogen-bond acceptors (Lipinski definition) is 3. The second kappa shape index (κ2) is 13.3. The maximum absolute atomic E-state index is 11.0. The molecule has 3 N–H and O–H groups in total. The molecule has 0 saturated carbocycles. The molecule has 26 heavy (non-hydrogen) atoms. The average molecular weight is 496 g/mol. The van der Waals surface area contributed by atoms with E-state index in [4.69, 9.17) is 0 Å². The van der Waals surface area contributed by atoms with Crippen LogP contribution < -0.4 is 15.4 Å². The lowest BCUT2D eigenvalue weighted by Gasteiger charge is -2.12. The summed E-state index contributed by atoms with van der Waals surface area (Å²) in [5.41, 5.74) is 2.72. The van der Waals surface area contributed by atoms with Gasteiger partial charge >= 0.3 is 0 Å². The summed E-state index contributed by atoms with van der Waals surface area (Å²) in [5.74, 6) is 1.31. The highest BCUT2D eigenvalue weighted by Gasteiger charge is 2.01. The molecule has 0 atom stereocenters. The number of aryl methyl sites for hydroxylation is 1. The van der Waals surface area contributed by atoms with E-state index in [2.05, 4.69) is 58.5 Å².